The van der Waals surface area contributed by atoms with Crippen LogP contribution in [0.25, 0.3) is 0 Å². The summed E-state index contributed by atoms with van der Waals surface area (Å²) in [6.45, 7) is 9.27. The van der Waals surface area contributed by atoms with Gasteiger partial charge in [-0.3, -0.25) is 4.79 Å². The van der Waals surface area contributed by atoms with E-state index < -0.39 is 5.60 Å². The lowest BCUT2D eigenvalue weighted by atomic mass is 9.96. The summed E-state index contributed by atoms with van der Waals surface area (Å²) in [5.41, 5.74) is 7.06. The Morgan fingerprint density at radius 3 is 2.50 bits per heavy atom. The molecule has 0 spiro atoms. The second kappa shape index (κ2) is 8.16. The minimum absolute atomic E-state index is 0.154. The highest BCUT2D eigenvalue weighted by molar-refractivity contribution is 6.33. The second-order valence-corrected chi connectivity index (χ2v) is 8.22. The Labute approximate surface area is 160 Å². The van der Waals surface area contributed by atoms with E-state index in [0.29, 0.717) is 41.8 Å². The van der Waals surface area contributed by atoms with Crippen LogP contribution in [0.2, 0.25) is 5.02 Å². The molecule has 1 aliphatic heterocycles. The topological polar surface area (TPSA) is 84.7 Å². The van der Waals surface area contributed by atoms with Crippen LogP contribution in [0.1, 0.15) is 49.5 Å². The lowest BCUT2D eigenvalue weighted by molar-refractivity contribution is 0.0183. The third-order valence-corrected chi connectivity index (χ3v) is 4.73. The summed E-state index contributed by atoms with van der Waals surface area (Å²) in [4.78, 5) is 26.2. The first-order chi connectivity index (χ1) is 12.1. The fourth-order valence-electron chi connectivity index (χ4n) is 2.93. The Kier molecular flexibility index (Phi) is 6.39. The molecule has 6 nitrogen and oxygen atoms in total. The minimum atomic E-state index is -0.486. The molecule has 1 aromatic carbocycles. The molecule has 0 unspecified atom stereocenters. The molecule has 3 N–H and O–H groups in total. The molecule has 1 fully saturated rings. The first-order valence-corrected chi connectivity index (χ1v) is 9.26. The predicted octanol–water partition coefficient (Wildman–Crippen LogP) is 3.61. The van der Waals surface area contributed by atoms with Crippen molar-refractivity contribution in [3.63, 3.8) is 0 Å². The Bertz CT molecular complexity index is 677. The average Bonchev–Trinajstić information content (AvgIpc) is 2.55. The van der Waals surface area contributed by atoms with Gasteiger partial charge in [-0.25, -0.2) is 4.79 Å². The number of ether oxygens (including phenoxy) is 1. The molecular weight excluding hydrogens is 354 g/mol. The van der Waals surface area contributed by atoms with Gasteiger partial charge in [-0.2, -0.15) is 0 Å². The Morgan fingerprint density at radius 1 is 1.31 bits per heavy atom. The number of piperidine rings is 1. The lowest BCUT2D eigenvalue weighted by Gasteiger charge is -2.33. The number of carbonyl (C=O) groups excluding carboxylic acids is 2. The summed E-state index contributed by atoms with van der Waals surface area (Å²) < 4.78 is 5.40. The first kappa shape index (κ1) is 20.4. The van der Waals surface area contributed by atoms with Crippen molar-refractivity contribution in [1.29, 1.82) is 0 Å². The molecule has 1 aromatic rings. The number of amides is 2. The van der Waals surface area contributed by atoms with Crippen molar-refractivity contribution in [3.05, 3.63) is 28.3 Å². The number of rotatable bonds is 3. The summed E-state index contributed by atoms with van der Waals surface area (Å²) >= 11 is 6.02. The third-order valence-electron chi connectivity index (χ3n) is 4.41. The Morgan fingerprint density at radius 2 is 1.92 bits per heavy atom. The zero-order chi connectivity index (χ0) is 19.5. The molecule has 0 atom stereocenters. The fraction of sp³-hybridized carbons (Fsp3) is 0.579. The van der Waals surface area contributed by atoms with Crippen molar-refractivity contribution in [2.45, 2.75) is 46.1 Å². The quantitative estimate of drug-likeness (QED) is 0.783. The van der Waals surface area contributed by atoms with E-state index in [9.17, 15) is 9.59 Å². The van der Waals surface area contributed by atoms with E-state index in [0.717, 1.165) is 18.4 Å². The van der Waals surface area contributed by atoms with Gasteiger partial charge in [-0.1, -0.05) is 11.6 Å². The van der Waals surface area contributed by atoms with Gasteiger partial charge in [0.2, 0.25) is 0 Å². The number of carbonyl (C=O) groups is 2. The van der Waals surface area contributed by atoms with Crippen LogP contribution in [0.15, 0.2) is 12.1 Å². The third kappa shape index (κ3) is 5.53. The molecule has 2 rings (SSSR count). The van der Waals surface area contributed by atoms with Gasteiger partial charge in [0.05, 0.1) is 10.7 Å². The molecule has 2 amide bonds. The van der Waals surface area contributed by atoms with Crippen LogP contribution >= 0.6 is 11.6 Å². The van der Waals surface area contributed by atoms with Crippen molar-refractivity contribution < 1.29 is 14.3 Å². The summed E-state index contributed by atoms with van der Waals surface area (Å²) in [6.07, 6.45) is 1.40. The normalized spacial score (nSPS) is 15.7. The summed E-state index contributed by atoms with van der Waals surface area (Å²) in [5, 5.41) is 3.35. The predicted molar refractivity (Wildman–Crippen MR) is 103 cm³/mol. The molecule has 1 saturated heterocycles. The molecule has 1 heterocycles. The van der Waals surface area contributed by atoms with Gasteiger partial charge in [0, 0.05) is 25.2 Å². The number of anilines is 1. The summed E-state index contributed by atoms with van der Waals surface area (Å²) in [6, 6.07) is 3.31. The number of nitrogen functional groups attached to an aromatic ring is 1. The summed E-state index contributed by atoms with van der Waals surface area (Å²) in [5.74, 6) is 0.182. The van der Waals surface area contributed by atoms with E-state index in [2.05, 4.69) is 5.32 Å². The van der Waals surface area contributed by atoms with E-state index in [1.54, 1.807) is 17.0 Å². The number of hydrogen-bond acceptors (Lipinski definition) is 4. The molecule has 26 heavy (non-hydrogen) atoms. The zero-order valence-corrected chi connectivity index (χ0v) is 16.7. The number of benzene rings is 1. The Balaban J connectivity index is 1.82. The molecular formula is C19H28ClN3O3. The van der Waals surface area contributed by atoms with E-state index in [1.165, 1.54) is 0 Å². The molecule has 0 aromatic heterocycles. The van der Waals surface area contributed by atoms with Gasteiger partial charge in [0.25, 0.3) is 5.91 Å². The van der Waals surface area contributed by atoms with Gasteiger partial charge in [-0.05, 0) is 64.2 Å². The molecule has 0 radical (unpaired) electrons. The number of aryl methyl sites for hydroxylation is 1. The van der Waals surface area contributed by atoms with Crippen LogP contribution in [-0.4, -0.2) is 42.1 Å². The number of nitrogens with two attached hydrogens (primary N) is 1. The van der Waals surface area contributed by atoms with Crippen LogP contribution in [0.3, 0.4) is 0 Å². The molecule has 1 aliphatic rings. The standard InChI is InChI=1S/C19H28ClN3O3/c1-12-9-16(21)15(20)10-14(12)17(24)22-11-13-5-7-23(8-6-13)18(25)26-19(2,3)4/h9-10,13H,5-8,11,21H2,1-4H3,(H,22,24). The molecule has 0 aliphatic carbocycles. The van der Waals surface area contributed by atoms with Crippen molar-refractivity contribution in [2.24, 2.45) is 5.92 Å². The maximum Gasteiger partial charge on any atom is 0.410 e. The fourth-order valence-corrected chi connectivity index (χ4v) is 3.09. The number of nitrogens with one attached hydrogen (secondary N) is 1. The second-order valence-electron chi connectivity index (χ2n) is 7.81. The maximum atomic E-state index is 12.4. The van der Waals surface area contributed by atoms with E-state index in [-0.39, 0.29) is 12.0 Å². The zero-order valence-electron chi connectivity index (χ0n) is 15.9. The van der Waals surface area contributed by atoms with Gasteiger partial charge >= 0.3 is 6.09 Å². The molecule has 144 valence electrons. The highest BCUT2D eigenvalue weighted by Gasteiger charge is 2.27. The van der Waals surface area contributed by atoms with Gasteiger partial charge in [0.15, 0.2) is 0 Å². The largest absolute Gasteiger partial charge is 0.444 e. The average molecular weight is 382 g/mol. The van der Waals surface area contributed by atoms with Crippen molar-refractivity contribution in [1.82, 2.24) is 10.2 Å². The first-order valence-electron chi connectivity index (χ1n) is 8.88. The smallest absolute Gasteiger partial charge is 0.410 e. The van der Waals surface area contributed by atoms with Crippen molar-refractivity contribution in [2.75, 3.05) is 25.4 Å². The van der Waals surface area contributed by atoms with E-state index in [4.69, 9.17) is 22.1 Å². The Hall–Kier alpha value is -1.95. The lowest BCUT2D eigenvalue weighted by Crippen LogP contribution is -2.43. The monoisotopic (exact) mass is 381 g/mol. The number of likely N-dealkylation sites (tertiary alicyclic amines) is 1. The highest BCUT2D eigenvalue weighted by Crippen LogP contribution is 2.24. The minimum Gasteiger partial charge on any atom is -0.444 e. The van der Waals surface area contributed by atoms with Crippen molar-refractivity contribution in [3.8, 4) is 0 Å². The number of hydrogen-bond donors (Lipinski definition) is 2. The van der Waals surface area contributed by atoms with Gasteiger partial charge < -0.3 is 20.7 Å². The SMILES string of the molecule is Cc1cc(N)c(Cl)cc1C(=O)NCC1CCN(C(=O)OC(C)(C)C)CC1. The van der Waals surface area contributed by atoms with Crippen LogP contribution in [0.4, 0.5) is 10.5 Å². The number of nitrogens with zero attached hydrogens (tertiary/aromatic N) is 1. The molecule has 0 bridgehead atoms. The van der Waals surface area contributed by atoms with Gasteiger partial charge in [-0.15, -0.1) is 0 Å². The van der Waals surface area contributed by atoms with Crippen LogP contribution in [0, 0.1) is 12.8 Å². The molecule has 7 heteroatoms. The summed E-state index contributed by atoms with van der Waals surface area (Å²) in [7, 11) is 0. The van der Waals surface area contributed by atoms with E-state index >= 15 is 0 Å². The van der Waals surface area contributed by atoms with Crippen LogP contribution in [0.5, 0.6) is 0 Å². The van der Waals surface area contributed by atoms with E-state index in [1.807, 2.05) is 27.7 Å². The number of halogens is 1. The molecule has 0 saturated carbocycles. The van der Waals surface area contributed by atoms with Crippen LogP contribution in [-0.2, 0) is 4.74 Å². The van der Waals surface area contributed by atoms with Crippen LogP contribution < -0.4 is 11.1 Å². The van der Waals surface area contributed by atoms with Crippen molar-refractivity contribution >= 4 is 29.3 Å². The maximum absolute atomic E-state index is 12.4. The van der Waals surface area contributed by atoms with Gasteiger partial charge in [0.1, 0.15) is 5.60 Å². The highest BCUT2D eigenvalue weighted by atomic mass is 35.5.